The lowest BCUT2D eigenvalue weighted by Gasteiger charge is -2.34. The molecule has 1 saturated heterocycles. The Morgan fingerprint density at radius 3 is 2.10 bits per heavy atom. The predicted molar refractivity (Wildman–Crippen MR) is 107 cm³/mol. The van der Waals surface area contributed by atoms with E-state index < -0.39 is 11.7 Å². The Kier molecular flexibility index (Phi) is 5.39. The predicted octanol–water partition coefficient (Wildman–Crippen LogP) is 4.12. The van der Waals surface area contributed by atoms with Crippen molar-refractivity contribution in [3.63, 3.8) is 0 Å². The largest absolute Gasteiger partial charge is 0.417 e. The highest BCUT2D eigenvalue weighted by Crippen LogP contribution is 2.36. The molecule has 154 valence electrons. The molecule has 1 aromatic heterocycles. The summed E-state index contributed by atoms with van der Waals surface area (Å²) in [5.41, 5.74) is 0.280. The van der Waals surface area contributed by atoms with Crippen LogP contribution in [-0.2, 0) is 6.18 Å². The number of carbonyl (C=O) groups excluding carboxylic acids is 1. The zero-order valence-corrected chi connectivity index (χ0v) is 16.0. The van der Waals surface area contributed by atoms with Crippen molar-refractivity contribution in [2.75, 3.05) is 31.1 Å². The average Bonchev–Trinajstić information content (AvgIpc) is 2.79. The summed E-state index contributed by atoms with van der Waals surface area (Å²) in [6.45, 7) is 2.28. The topological polar surface area (TPSA) is 49.3 Å². The summed E-state index contributed by atoms with van der Waals surface area (Å²) < 4.78 is 39.8. The summed E-state index contributed by atoms with van der Waals surface area (Å²) in [6, 6.07) is 13.5. The number of carbonyl (C=O) groups is 1. The Hall–Kier alpha value is -3.42. The number of amides is 1. The Morgan fingerprint density at radius 2 is 1.47 bits per heavy atom. The molecule has 0 radical (unpaired) electrons. The van der Waals surface area contributed by atoms with Crippen LogP contribution in [0.3, 0.4) is 0 Å². The Labute approximate surface area is 171 Å². The van der Waals surface area contributed by atoms with Gasteiger partial charge in [-0.2, -0.15) is 13.2 Å². The lowest BCUT2D eigenvalue weighted by Crippen LogP contribution is -2.49. The van der Waals surface area contributed by atoms with E-state index in [1.54, 1.807) is 53.7 Å². The van der Waals surface area contributed by atoms with Crippen LogP contribution in [0.1, 0.15) is 15.9 Å². The second-order valence-electron chi connectivity index (χ2n) is 6.95. The van der Waals surface area contributed by atoms with Gasteiger partial charge in [0, 0.05) is 44.1 Å². The fourth-order valence-electron chi connectivity index (χ4n) is 3.52. The van der Waals surface area contributed by atoms with Gasteiger partial charge in [-0.05, 0) is 35.4 Å². The van der Waals surface area contributed by atoms with Crippen molar-refractivity contribution in [3.05, 3.63) is 78.1 Å². The van der Waals surface area contributed by atoms with Crippen molar-refractivity contribution in [1.82, 2.24) is 14.9 Å². The van der Waals surface area contributed by atoms with Crippen molar-refractivity contribution in [1.29, 1.82) is 0 Å². The number of hydrogen-bond acceptors (Lipinski definition) is 4. The summed E-state index contributed by atoms with van der Waals surface area (Å²) in [7, 11) is 0. The molecule has 1 amide bonds. The lowest BCUT2D eigenvalue weighted by atomic mass is 9.98. The average molecular weight is 412 g/mol. The van der Waals surface area contributed by atoms with Gasteiger partial charge in [0.05, 0.1) is 5.56 Å². The summed E-state index contributed by atoms with van der Waals surface area (Å²) in [5.74, 6) is 0.497. The number of anilines is 1. The minimum atomic E-state index is -4.44. The maximum atomic E-state index is 13.3. The van der Waals surface area contributed by atoms with Gasteiger partial charge in [0.15, 0.2) is 0 Å². The minimum Gasteiger partial charge on any atom is -0.337 e. The van der Waals surface area contributed by atoms with Crippen LogP contribution in [0.25, 0.3) is 11.1 Å². The van der Waals surface area contributed by atoms with Crippen LogP contribution in [0, 0.1) is 0 Å². The molecule has 2 aromatic carbocycles. The van der Waals surface area contributed by atoms with Crippen LogP contribution in [0.2, 0.25) is 0 Å². The van der Waals surface area contributed by atoms with E-state index >= 15 is 0 Å². The van der Waals surface area contributed by atoms with E-state index in [-0.39, 0.29) is 11.5 Å². The summed E-state index contributed by atoms with van der Waals surface area (Å²) >= 11 is 0. The molecular weight excluding hydrogens is 393 g/mol. The van der Waals surface area contributed by atoms with Gasteiger partial charge < -0.3 is 9.80 Å². The molecule has 0 N–H and O–H groups in total. The first kappa shape index (κ1) is 19.9. The molecule has 5 nitrogen and oxygen atoms in total. The molecule has 0 bridgehead atoms. The molecule has 0 unspecified atom stereocenters. The Bertz CT molecular complexity index is 1010. The monoisotopic (exact) mass is 412 g/mol. The molecule has 30 heavy (non-hydrogen) atoms. The van der Waals surface area contributed by atoms with Crippen molar-refractivity contribution in [2.24, 2.45) is 0 Å². The molecule has 0 aliphatic carbocycles. The maximum absolute atomic E-state index is 13.3. The molecule has 1 aliphatic heterocycles. The summed E-state index contributed by atoms with van der Waals surface area (Å²) in [4.78, 5) is 25.0. The number of nitrogens with zero attached hydrogens (tertiary/aromatic N) is 4. The number of hydrogen-bond donors (Lipinski definition) is 0. The number of rotatable bonds is 3. The molecule has 2 heterocycles. The number of piperazine rings is 1. The van der Waals surface area contributed by atoms with E-state index in [1.807, 2.05) is 4.90 Å². The van der Waals surface area contributed by atoms with E-state index in [0.29, 0.717) is 43.3 Å². The number of halogens is 3. The van der Waals surface area contributed by atoms with Gasteiger partial charge in [-0.1, -0.05) is 30.3 Å². The van der Waals surface area contributed by atoms with Crippen molar-refractivity contribution in [3.8, 4) is 11.1 Å². The van der Waals surface area contributed by atoms with E-state index in [1.165, 1.54) is 12.1 Å². The van der Waals surface area contributed by atoms with Gasteiger partial charge in [0.25, 0.3) is 5.91 Å². The molecule has 3 aromatic rings. The third-order valence-electron chi connectivity index (χ3n) is 5.08. The maximum Gasteiger partial charge on any atom is 0.417 e. The molecule has 1 fully saturated rings. The van der Waals surface area contributed by atoms with Crippen molar-refractivity contribution < 1.29 is 18.0 Å². The summed E-state index contributed by atoms with van der Waals surface area (Å²) in [6.07, 6.45) is -1.08. The van der Waals surface area contributed by atoms with Crippen LogP contribution in [0.15, 0.2) is 67.0 Å². The second kappa shape index (κ2) is 8.14. The smallest absolute Gasteiger partial charge is 0.337 e. The first-order valence-corrected chi connectivity index (χ1v) is 9.51. The van der Waals surface area contributed by atoms with Gasteiger partial charge in [0.2, 0.25) is 5.95 Å². The highest BCUT2D eigenvalue weighted by atomic mass is 19.4. The van der Waals surface area contributed by atoms with E-state index in [2.05, 4.69) is 9.97 Å². The van der Waals surface area contributed by atoms with Gasteiger partial charge in [0.1, 0.15) is 0 Å². The molecular formula is C22H19F3N4O. The fourth-order valence-corrected chi connectivity index (χ4v) is 3.52. The summed E-state index contributed by atoms with van der Waals surface area (Å²) in [5, 5.41) is 0. The fraction of sp³-hybridized carbons (Fsp3) is 0.227. The van der Waals surface area contributed by atoms with Gasteiger partial charge in [-0.15, -0.1) is 0 Å². The molecule has 1 aliphatic rings. The number of aromatic nitrogens is 2. The van der Waals surface area contributed by atoms with Gasteiger partial charge in [-0.3, -0.25) is 4.79 Å². The second-order valence-corrected chi connectivity index (χ2v) is 6.95. The minimum absolute atomic E-state index is 0.0977. The Morgan fingerprint density at radius 1 is 0.833 bits per heavy atom. The molecule has 8 heteroatoms. The first-order valence-electron chi connectivity index (χ1n) is 9.51. The quantitative estimate of drug-likeness (QED) is 0.649. The van der Waals surface area contributed by atoms with E-state index in [0.717, 1.165) is 6.07 Å². The van der Waals surface area contributed by atoms with Crippen molar-refractivity contribution >= 4 is 11.9 Å². The zero-order chi connectivity index (χ0) is 21.1. The van der Waals surface area contributed by atoms with Gasteiger partial charge in [-0.25, -0.2) is 9.97 Å². The van der Waals surface area contributed by atoms with Crippen LogP contribution < -0.4 is 4.90 Å². The molecule has 4 rings (SSSR count). The molecule has 0 spiro atoms. The lowest BCUT2D eigenvalue weighted by molar-refractivity contribution is -0.137. The SMILES string of the molecule is O=C(c1ccc(-c2ccccc2C(F)(F)F)cc1)N1CCN(c2ncccn2)CC1. The van der Waals surface area contributed by atoms with Crippen LogP contribution in [0.5, 0.6) is 0 Å². The van der Waals surface area contributed by atoms with E-state index in [9.17, 15) is 18.0 Å². The van der Waals surface area contributed by atoms with Gasteiger partial charge >= 0.3 is 6.18 Å². The highest BCUT2D eigenvalue weighted by Gasteiger charge is 2.33. The Balaban J connectivity index is 1.46. The molecule has 0 saturated carbocycles. The van der Waals surface area contributed by atoms with Crippen LogP contribution in [0.4, 0.5) is 19.1 Å². The van der Waals surface area contributed by atoms with Crippen LogP contribution in [-0.4, -0.2) is 47.0 Å². The number of benzene rings is 2. The zero-order valence-electron chi connectivity index (χ0n) is 16.0. The number of alkyl halides is 3. The van der Waals surface area contributed by atoms with E-state index in [4.69, 9.17) is 0 Å². The normalized spacial score (nSPS) is 14.6. The van der Waals surface area contributed by atoms with Crippen molar-refractivity contribution in [2.45, 2.75) is 6.18 Å². The third-order valence-corrected chi connectivity index (χ3v) is 5.08. The first-order chi connectivity index (χ1) is 14.4. The molecule has 0 atom stereocenters. The third kappa shape index (κ3) is 4.12. The highest BCUT2D eigenvalue weighted by molar-refractivity contribution is 5.95. The van der Waals surface area contributed by atoms with Crippen LogP contribution >= 0.6 is 0 Å². The standard InChI is InChI=1S/C22H19F3N4O/c23-22(24,25)19-5-2-1-4-18(19)16-6-8-17(9-7-16)20(30)28-12-14-29(15-13-28)21-26-10-3-11-27-21/h1-11H,12-15H2.